The molecule has 1 N–H and O–H groups in total. The number of hydrazone groups is 1. The average Bonchev–Trinajstić information content (AvgIpc) is 3.22. The van der Waals surface area contributed by atoms with Crippen LogP contribution in [0.25, 0.3) is 11.3 Å². The number of unbranched alkanes of at least 4 members (excludes halogenated alkanes) is 2. The van der Waals surface area contributed by atoms with Gasteiger partial charge in [-0.3, -0.25) is 5.43 Å². The normalized spacial score (nSPS) is 11.0. The van der Waals surface area contributed by atoms with Crippen molar-refractivity contribution in [3.05, 3.63) is 58.4 Å². The molecule has 1 aromatic heterocycles. The first-order chi connectivity index (χ1) is 14.7. The molecule has 0 saturated carbocycles. The van der Waals surface area contributed by atoms with Crippen LogP contribution < -0.4 is 14.9 Å². The summed E-state index contributed by atoms with van der Waals surface area (Å²) in [5.74, 6) is 1.50. The minimum absolute atomic E-state index is 0.580. The molecule has 0 bridgehead atoms. The van der Waals surface area contributed by atoms with E-state index in [1.165, 1.54) is 17.8 Å². The number of thiazole rings is 1. The lowest BCUT2D eigenvalue weighted by atomic mass is 10.2. The topological polar surface area (TPSA) is 55.7 Å². The summed E-state index contributed by atoms with van der Waals surface area (Å²) in [7, 11) is 0. The van der Waals surface area contributed by atoms with E-state index in [2.05, 4.69) is 22.4 Å². The molecule has 30 heavy (non-hydrogen) atoms. The second-order valence-corrected chi connectivity index (χ2v) is 7.90. The molecule has 0 saturated heterocycles. The molecule has 1 heterocycles. The van der Waals surface area contributed by atoms with E-state index in [1.54, 1.807) is 6.21 Å². The Morgan fingerprint density at radius 2 is 1.90 bits per heavy atom. The molecule has 7 heteroatoms. The van der Waals surface area contributed by atoms with Crippen LogP contribution in [0, 0.1) is 0 Å². The number of hydrogen-bond acceptors (Lipinski definition) is 6. The van der Waals surface area contributed by atoms with Gasteiger partial charge >= 0.3 is 0 Å². The van der Waals surface area contributed by atoms with Crippen LogP contribution in [0.5, 0.6) is 11.5 Å². The Kier molecular flexibility index (Phi) is 8.53. The summed E-state index contributed by atoms with van der Waals surface area (Å²) in [6.07, 6.45) is 5.12. The lowest BCUT2D eigenvalue weighted by Gasteiger charge is -2.12. The van der Waals surface area contributed by atoms with E-state index in [0.29, 0.717) is 18.2 Å². The molecule has 0 atom stereocenters. The van der Waals surface area contributed by atoms with Crippen molar-refractivity contribution in [2.45, 2.75) is 33.1 Å². The van der Waals surface area contributed by atoms with Crippen LogP contribution >= 0.6 is 22.9 Å². The minimum atomic E-state index is 0.580. The molecule has 158 valence electrons. The second kappa shape index (κ2) is 11.6. The lowest BCUT2D eigenvalue weighted by molar-refractivity contribution is 0.271. The van der Waals surface area contributed by atoms with Gasteiger partial charge in [-0.05, 0) is 49.2 Å². The van der Waals surface area contributed by atoms with Crippen molar-refractivity contribution in [1.29, 1.82) is 0 Å². The Morgan fingerprint density at radius 1 is 1.07 bits per heavy atom. The van der Waals surface area contributed by atoms with E-state index in [9.17, 15) is 0 Å². The number of nitrogens with one attached hydrogen (secondary N) is 1. The molecular weight excluding hydrogens is 418 g/mol. The zero-order valence-corrected chi connectivity index (χ0v) is 18.8. The highest BCUT2D eigenvalue weighted by Gasteiger charge is 2.07. The molecule has 0 aliphatic carbocycles. The molecule has 0 radical (unpaired) electrons. The molecule has 0 amide bonds. The molecule has 0 aliphatic heterocycles. The van der Waals surface area contributed by atoms with Gasteiger partial charge in [0, 0.05) is 16.0 Å². The number of aromatic nitrogens is 1. The van der Waals surface area contributed by atoms with Crippen molar-refractivity contribution in [3.8, 4) is 22.8 Å². The van der Waals surface area contributed by atoms with Gasteiger partial charge in [-0.15, -0.1) is 11.3 Å². The van der Waals surface area contributed by atoms with Gasteiger partial charge in [0.1, 0.15) is 0 Å². The first-order valence-corrected chi connectivity index (χ1v) is 11.4. The van der Waals surface area contributed by atoms with Crippen molar-refractivity contribution in [2.75, 3.05) is 18.6 Å². The molecular formula is C23H26ClN3O2S. The Balaban J connectivity index is 1.61. The molecule has 5 nitrogen and oxygen atoms in total. The van der Waals surface area contributed by atoms with E-state index < -0.39 is 0 Å². The minimum Gasteiger partial charge on any atom is -0.490 e. The predicted molar refractivity (Wildman–Crippen MR) is 126 cm³/mol. The van der Waals surface area contributed by atoms with Crippen LogP contribution in [-0.4, -0.2) is 24.4 Å². The maximum atomic E-state index is 5.94. The van der Waals surface area contributed by atoms with Gasteiger partial charge in [-0.25, -0.2) is 4.98 Å². The monoisotopic (exact) mass is 443 g/mol. The Labute approximate surface area is 186 Å². The molecule has 3 aromatic rings. The van der Waals surface area contributed by atoms with E-state index in [-0.39, 0.29) is 0 Å². The van der Waals surface area contributed by atoms with Gasteiger partial charge in [0.15, 0.2) is 11.5 Å². The highest BCUT2D eigenvalue weighted by molar-refractivity contribution is 7.14. The zero-order valence-electron chi connectivity index (χ0n) is 17.2. The molecule has 3 rings (SSSR count). The number of anilines is 1. The fraction of sp³-hybridized carbons (Fsp3) is 0.304. The number of hydrogen-bond donors (Lipinski definition) is 1. The van der Waals surface area contributed by atoms with Crippen molar-refractivity contribution < 1.29 is 9.47 Å². The van der Waals surface area contributed by atoms with Gasteiger partial charge in [0.2, 0.25) is 5.13 Å². The first kappa shape index (κ1) is 22.1. The van der Waals surface area contributed by atoms with E-state index in [4.69, 9.17) is 21.1 Å². The average molecular weight is 444 g/mol. The van der Waals surface area contributed by atoms with E-state index >= 15 is 0 Å². The predicted octanol–water partition coefficient (Wildman–Crippen LogP) is 6.88. The van der Waals surface area contributed by atoms with Crippen LogP contribution in [0.1, 0.15) is 38.7 Å². The molecule has 0 fully saturated rings. The smallest absolute Gasteiger partial charge is 0.203 e. The summed E-state index contributed by atoms with van der Waals surface area (Å²) in [4.78, 5) is 4.56. The largest absolute Gasteiger partial charge is 0.490 e. The summed E-state index contributed by atoms with van der Waals surface area (Å²) < 4.78 is 11.6. The van der Waals surface area contributed by atoms with Gasteiger partial charge in [-0.2, -0.15) is 5.10 Å². The fourth-order valence-corrected chi connectivity index (χ4v) is 3.56. The van der Waals surface area contributed by atoms with E-state index in [0.717, 1.165) is 46.3 Å². The quantitative estimate of drug-likeness (QED) is 0.199. The van der Waals surface area contributed by atoms with Gasteiger partial charge < -0.3 is 9.47 Å². The molecule has 0 spiro atoms. The SMILES string of the molecule is CCCCCOc1ccc(/C=N\Nc2nc(-c3ccc(Cl)cc3)cs2)cc1OCC. The Hall–Kier alpha value is -2.57. The van der Waals surface area contributed by atoms with Crippen LogP contribution in [0.15, 0.2) is 52.9 Å². The maximum absolute atomic E-state index is 5.94. The zero-order chi connectivity index (χ0) is 21.2. The van der Waals surface area contributed by atoms with Crippen LogP contribution in [-0.2, 0) is 0 Å². The third kappa shape index (κ3) is 6.47. The lowest BCUT2D eigenvalue weighted by Crippen LogP contribution is -2.01. The van der Waals surface area contributed by atoms with Crippen LogP contribution in [0.2, 0.25) is 5.02 Å². The third-order valence-electron chi connectivity index (χ3n) is 4.29. The van der Waals surface area contributed by atoms with Crippen molar-refractivity contribution in [2.24, 2.45) is 5.10 Å². The van der Waals surface area contributed by atoms with Crippen molar-refractivity contribution in [3.63, 3.8) is 0 Å². The number of rotatable bonds is 11. The van der Waals surface area contributed by atoms with Crippen LogP contribution in [0.3, 0.4) is 0 Å². The molecule has 2 aromatic carbocycles. The highest BCUT2D eigenvalue weighted by Crippen LogP contribution is 2.29. The number of nitrogens with zero attached hydrogens (tertiary/aromatic N) is 2. The van der Waals surface area contributed by atoms with Gasteiger partial charge in [0.05, 0.1) is 25.1 Å². The van der Waals surface area contributed by atoms with E-state index in [1.807, 2.05) is 54.8 Å². The highest BCUT2D eigenvalue weighted by atomic mass is 35.5. The Morgan fingerprint density at radius 3 is 2.67 bits per heavy atom. The summed E-state index contributed by atoms with van der Waals surface area (Å²) in [5, 5.41) is 7.72. The van der Waals surface area contributed by atoms with Crippen molar-refractivity contribution >= 4 is 34.3 Å². The standard InChI is InChI=1S/C23H26ClN3O2S/c1-3-5-6-13-29-21-12-7-17(14-22(21)28-4-2)15-25-27-23-26-20(16-30-23)18-8-10-19(24)11-9-18/h7-12,14-16H,3-6,13H2,1-2H3,(H,26,27)/b25-15-. The summed E-state index contributed by atoms with van der Waals surface area (Å²) in [5.41, 5.74) is 5.81. The molecule has 0 aliphatic rings. The fourth-order valence-electron chi connectivity index (χ4n) is 2.77. The van der Waals surface area contributed by atoms with Gasteiger partial charge in [-0.1, -0.05) is 43.5 Å². The number of halogens is 1. The number of benzene rings is 2. The summed E-state index contributed by atoms with van der Waals surface area (Å²) >= 11 is 7.44. The Bertz CT molecular complexity index is 957. The molecule has 0 unspecified atom stereocenters. The van der Waals surface area contributed by atoms with Crippen molar-refractivity contribution in [1.82, 2.24) is 4.98 Å². The van der Waals surface area contributed by atoms with Crippen LogP contribution in [0.4, 0.5) is 5.13 Å². The second-order valence-electron chi connectivity index (χ2n) is 6.61. The summed E-state index contributed by atoms with van der Waals surface area (Å²) in [6, 6.07) is 13.4. The first-order valence-electron chi connectivity index (χ1n) is 10.1. The maximum Gasteiger partial charge on any atom is 0.203 e. The third-order valence-corrected chi connectivity index (χ3v) is 5.29. The van der Waals surface area contributed by atoms with Gasteiger partial charge in [0.25, 0.3) is 0 Å². The summed E-state index contributed by atoms with van der Waals surface area (Å²) in [6.45, 7) is 5.42. The number of ether oxygens (including phenoxy) is 2.